The molecule has 3 rings (SSSR count). The van der Waals surface area contributed by atoms with Crippen LogP contribution in [0.5, 0.6) is 0 Å². The molecule has 0 spiro atoms. The van der Waals surface area contributed by atoms with E-state index in [1.807, 2.05) is 0 Å². The third kappa shape index (κ3) is 3.49. The molecule has 1 aromatic carbocycles. The van der Waals surface area contributed by atoms with Crippen molar-refractivity contribution in [3.05, 3.63) is 58.6 Å². The molecule has 1 heterocycles. The third-order valence-electron chi connectivity index (χ3n) is 4.29. The van der Waals surface area contributed by atoms with Crippen LogP contribution in [0.2, 0.25) is 5.02 Å². The van der Waals surface area contributed by atoms with E-state index in [0.717, 1.165) is 12.8 Å². The summed E-state index contributed by atoms with van der Waals surface area (Å²) in [6, 6.07) is 6.87. The first kappa shape index (κ1) is 18.5. The van der Waals surface area contributed by atoms with Gasteiger partial charge in [-0.25, -0.2) is 13.5 Å². The Hall–Kier alpha value is -2.28. The largest absolute Gasteiger partial charge is 0.331 e. The van der Waals surface area contributed by atoms with E-state index in [9.17, 15) is 18.0 Å². The number of nitrogens with zero attached hydrogens (tertiary/aromatic N) is 3. The van der Waals surface area contributed by atoms with Gasteiger partial charge in [-0.2, -0.15) is 9.49 Å². The smallest absolute Gasteiger partial charge is 0.283 e. The molecule has 0 radical (unpaired) electrons. The summed E-state index contributed by atoms with van der Waals surface area (Å²) in [5.74, 6) is -1.87. The van der Waals surface area contributed by atoms with Crippen LogP contribution in [0.3, 0.4) is 0 Å². The number of carbonyl (C=O) groups is 1. The first-order valence-electron chi connectivity index (χ1n) is 8.05. The summed E-state index contributed by atoms with van der Waals surface area (Å²) >= 11 is 6.15. The van der Waals surface area contributed by atoms with Crippen molar-refractivity contribution in [2.24, 2.45) is 7.05 Å². The lowest BCUT2D eigenvalue weighted by Gasteiger charge is -2.24. The molecule has 8 heteroatoms. The van der Waals surface area contributed by atoms with Crippen LogP contribution >= 0.6 is 11.6 Å². The summed E-state index contributed by atoms with van der Waals surface area (Å²) in [5.41, 5.74) is -0.308. The van der Waals surface area contributed by atoms with Gasteiger partial charge >= 0.3 is 0 Å². The summed E-state index contributed by atoms with van der Waals surface area (Å²) in [4.78, 5) is 14.2. The maximum Gasteiger partial charge on any atom is 0.283 e. The van der Waals surface area contributed by atoms with Crippen LogP contribution in [-0.4, -0.2) is 33.2 Å². The molecular weight excluding hydrogens is 367 g/mol. The molecule has 0 aliphatic heterocycles. The average Bonchev–Trinajstić information content (AvgIpc) is 3.38. The highest BCUT2D eigenvalue weighted by Gasteiger charge is 2.38. The number of aryl methyl sites for hydroxylation is 1. The van der Waals surface area contributed by atoms with Crippen molar-refractivity contribution >= 4 is 23.1 Å². The van der Waals surface area contributed by atoms with Gasteiger partial charge in [-0.15, -0.1) is 0 Å². The van der Waals surface area contributed by atoms with Crippen molar-refractivity contribution in [3.63, 3.8) is 0 Å². The van der Waals surface area contributed by atoms with Crippen LogP contribution in [0.25, 0.3) is 5.57 Å². The van der Waals surface area contributed by atoms with Crippen molar-refractivity contribution in [1.29, 1.82) is 0 Å². The number of hydrogen-bond donors (Lipinski definition) is 0. The second-order valence-corrected chi connectivity index (χ2v) is 6.63. The Morgan fingerprint density at radius 2 is 2.08 bits per heavy atom. The lowest BCUT2D eigenvalue weighted by Crippen LogP contribution is -2.35. The maximum atomic E-state index is 14.3. The number of aromatic nitrogens is 2. The second kappa shape index (κ2) is 7.15. The molecular formula is C18H17ClF3N3O. The lowest BCUT2D eigenvalue weighted by molar-refractivity contribution is 0.0747. The zero-order valence-electron chi connectivity index (χ0n) is 14.1. The molecule has 1 amide bonds. The maximum absolute atomic E-state index is 14.3. The summed E-state index contributed by atoms with van der Waals surface area (Å²) in [5, 5.41) is 3.92. The molecule has 1 aliphatic rings. The van der Waals surface area contributed by atoms with E-state index in [0.29, 0.717) is 20.8 Å². The number of hydrogen-bond acceptors (Lipinski definition) is 2. The van der Waals surface area contributed by atoms with Gasteiger partial charge in [0.25, 0.3) is 12.3 Å². The normalized spacial score (nSPS) is 13.9. The first-order valence-corrected chi connectivity index (χ1v) is 8.43. The van der Waals surface area contributed by atoms with Gasteiger partial charge in [0, 0.05) is 24.7 Å². The summed E-state index contributed by atoms with van der Waals surface area (Å²) in [7, 11) is 1.18. The minimum absolute atomic E-state index is 0.0737. The van der Waals surface area contributed by atoms with Crippen molar-refractivity contribution in [2.75, 3.05) is 6.54 Å². The van der Waals surface area contributed by atoms with E-state index in [-0.39, 0.29) is 12.6 Å². The Bertz CT molecular complexity index is 861. The molecule has 1 fully saturated rings. The molecule has 4 nitrogen and oxygen atoms in total. The standard InChI is InChI=1S/C18H17ClF3N3O/c1-10(12-5-3-4-6-13(12)19)9-25(11-7-8-11)18(26)14-15(16(20)21)23-24(2)17(14)22/h3-6,11,16H,1,7-9H2,2H3. The number of alkyl halides is 2. The number of halogens is 4. The van der Waals surface area contributed by atoms with Gasteiger partial charge in [0.05, 0.1) is 0 Å². The van der Waals surface area contributed by atoms with Gasteiger partial charge in [0.15, 0.2) is 0 Å². The van der Waals surface area contributed by atoms with Crippen LogP contribution in [0.1, 0.15) is 40.9 Å². The Balaban J connectivity index is 1.91. The summed E-state index contributed by atoms with van der Waals surface area (Å²) in [6.45, 7) is 4.03. The number of amides is 1. The van der Waals surface area contributed by atoms with Crippen LogP contribution in [0.4, 0.5) is 13.2 Å². The third-order valence-corrected chi connectivity index (χ3v) is 4.62. The number of carbonyl (C=O) groups excluding carboxylic acids is 1. The van der Waals surface area contributed by atoms with Crippen LogP contribution in [0, 0.1) is 5.95 Å². The Morgan fingerprint density at radius 3 is 2.65 bits per heavy atom. The number of rotatable bonds is 6. The Kier molecular flexibility index (Phi) is 5.09. The predicted octanol–water partition coefficient (Wildman–Crippen LogP) is 4.47. The molecule has 0 unspecified atom stereocenters. The van der Waals surface area contributed by atoms with E-state index in [1.54, 1.807) is 24.3 Å². The highest BCUT2D eigenvalue weighted by molar-refractivity contribution is 6.32. The van der Waals surface area contributed by atoms with Crippen molar-refractivity contribution in [1.82, 2.24) is 14.7 Å². The second-order valence-electron chi connectivity index (χ2n) is 6.22. The fourth-order valence-corrected chi connectivity index (χ4v) is 3.08. The molecule has 2 aromatic rings. The molecule has 0 N–H and O–H groups in total. The van der Waals surface area contributed by atoms with Gasteiger partial charge in [-0.05, 0) is 30.0 Å². The predicted molar refractivity (Wildman–Crippen MR) is 92.7 cm³/mol. The fraction of sp³-hybridized carbons (Fsp3) is 0.333. The van der Waals surface area contributed by atoms with Gasteiger partial charge in [-0.3, -0.25) is 4.79 Å². The average molecular weight is 384 g/mol. The zero-order chi connectivity index (χ0) is 19.0. The van der Waals surface area contributed by atoms with Gasteiger partial charge in [-0.1, -0.05) is 36.4 Å². The summed E-state index contributed by atoms with van der Waals surface area (Å²) < 4.78 is 41.3. The summed E-state index contributed by atoms with van der Waals surface area (Å²) in [6.07, 6.45) is -1.58. The van der Waals surface area contributed by atoms with Gasteiger partial charge in [0.2, 0.25) is 5.95 Å². The van der Waals surface area contributed by atoms with Crippen molar-refractivity contribution in [3.8, 4) is 0 Å². The van der Waals surface area contributed by atoms with Gasteiger partial charge < -0.3 is 4.90 Å². The molecule has 1 aliphatic carbocycles. The minimum Gasteiger partial charge on any atom is -0.331 e. The van der Waals surface area contributed by atoms with E-state index >= 15 is 0 Å². The van der Waals surface area contributed by atoms with Crippen LogP contribution in [0.15, 0.2) is 30.8 Å². The SMILES string of the molecule is C=C(CN(C(=O)c1c(C(F)F)nn(C)c1F)C1CC1)c1ccccc1Cl. The van der Waals surface area contributed by atoms with Crippen LogP contribution in [-0.2, 0) is 7.05 Å². The monoisotopic (exact) mass is 383 g/mol. The van der Waals surface area contributed by atoms with Gasteiger partial charge in [0.1, 0.15) is 11.3 Å². The van der Waals surface area contributed by atoms with Crippen molar-refractivity contribution in [2.45, 2.75) is 25.3 Å². The van der Waals surface area contributed by atoms with E-state index in [2.05, 4.69) is 11.7 Å². The van der Waals surface area contributed by atoms with E-state index in [4.69, 9.17) is 11.6 Å². The van der Waals surface area contributed by atoms with E-state index < -0.39 is 29.5 Å². The fourth-order valence-electron chi connectivity index (χ4n) is 2.81. The van der Waals surface area contributed by atoms with Crippen molar-refractivity contribution < 1.29 is 18.0 Å². The highest BCUT2D eigenvalue weighted by Crippen LogP contribution is 2.33. The van der Waals surface area contributed by atoms with E-state index in [1.165, 1.54) is 11.9 Å². The molecule has 0 bridgehead atoms. The zero-order valence-corrected chi connectivity index (χ0v) is 14.8. The Morgan fingerprint density at radius 1 is 1.42 bits per heavy atom. The minimum atomic E-state index is -3.04. The van der Waals surface area contributed by atoms with Crippen LogP contribution < -0.4 is 0 Å². The molecule has 138 valence electrons. The molecule has 1 aromatic heterocycles. The molecule has 0 saturated heterocycles. The Labute approximate surface area is 153 Å². The topological polar surface area (TPSA) is 38.1 Å². The molecule has 26 heavy (non-hydrogen) atoms. The molecule has 1 saturated carbocycles. The lowest BCUT2D eigenvalue weighted by atomic mass is 10.1. The molecule has 0 atom stereocenters. The number of benzene rings is 1. The first-order chi connectivity index (χ1) is 12.3. The quantitative estimate of drug-likeness (QED) is 0.738. The highest BCUT2D eigenvalue weighted by atomic mass is 35.5.